The van der Waals surface area contributed by atoms with Gasteiger partial charge in [0.25, 0.3) is 0 Å². The third-order valence-electron chi connectivity index (χ3n) is 7.73. The molecule has 1 atom stereocenters. The highest BCUT2D eigenvalue weighted by atomic mass is 35.5. The number of rotatable bonds is 9. The quantitative estimate of drug-likeness (QED) is 0.270. The van der Waals surface area contributed by atoms with E-state index in [1.807, 2.05) is 6.20 Å². The first kappa shape index (κ1) is 25.5. The summed E-state index contributed by atoms with van der Waals surface area (Å²) in [6.45, 7) is 8.22. The topological polar surface area (TPSA) is 36.9 Å². The fraction of sp³-hybridized carbons (Fsp3) is 0.433. The minimum absolute atomic E-state index is 0. The van der Waals surface area contributed by atoms with Gasteiger partial charge >= 0.3 is 0 Å². The number of nitrogens with zero attached hydrogens (tertiary/aromatic N) is 3. The van der Waals surface area contributed by atoms with Crippen LogP contribution in [0, 0.1) is 5.92 Å². The summed E-state index contributed by atoms with van der Waals surface area (Å²) < 4.78 is 2.21. The molecule has 1 fully saturated rings. The molecule has 1 aliphatic rings. The second-order valence-corrected chi connectivity index (χ2v) is 10.1. The molecular weight excluding hydrogens is 452 g/mol. The molecule has 4 nitrogen and oxygen atoms in total. The second kappa shape index (κ2) is 11.9. The number of piperidine rings is 1. The maximum atomic E-state index is 4.49. The van der Waals surface area contributed by atoms with E-state index < -0.39 is 0 Å². The molecule has 2 aromatic carbocycles. The van der Waals surface area contributed by atoms with Crippen molar-refractivity contribution in [3.05, 3.63) is 84.1 Å². The zero-order chi connectivity index (χ0) is 23.3. The maximum absolute atomic E-state index is 4.49. The van der Waals surface area contributed by atoms with Crippen molar-refractivity contribution in [2.24, 2.45) is 5.92 Å². The highest BCUT2D eigenvalue weighted by Crippen LogP contribution is 2.28. The Hall–Kier alpha value is -2.56. The van der Waals surface area contributed by atoms with Crippen LogP contribution < -0.4 is 0 Å². The van der Waals surface area contributed by atoms with Gasteiger partial charge in [0.05, 0.1) is 0 Å². The van der Waals surface area contributed by atoms with Crippen molar-refractivity contribution < 1.29 is 0 Å². The number of fused-ring (bicyclic) bond motifs is 1. The Kier molecular flexibility index (Phi) is 8.69. The summed E-state index contributed by atoms with van der Waals surface area (Å²) in [4.78, 5) is 10.7. The number of nitrogens with one attached hydrogen (secondary N) is 1. The molecule has 186 valence electrons. The van der Waals surface area contributed by atoms with Gasteiger partial charge in [-0.05, 0) is 79.9 Å². The average Bonchev–Trinajstić information content (AvgIpc) is 3.52. The standard InChI is InChI=1S/C30H38N4.ClH/c1-3-30-31-16-19-34(30)27-12-13-29-28(20-27)26(21-32-29)11-7-8-24-14-17-33(18-15-24)22-23(2)25-9-5-4-6-10-25;/h4-6,9-10,12-13,16,19-21,23-24,32H,3,7-8,11,14-15,17-18,22H2,1-2H3;1H. The van der Waals surface area contributed by atoms with Crippen molar-refractivity contribution in [2.45, 2.75) is 58.3 Å². The van der Waals surface area contributed by atoms with Gasteiger partial charge in [0.2, 0.25) is 0 Å². The van der Waals surface area contributed by atoms with Crippen LogP contribution in [0.4, 0.5) is 0 Å². The molecule has 0 amide bonds. The molecule has 3 heterocycles. The summed E-state index contributed by atoms with van der Waals surface area (Å²) >= 11 is 0. The molecule has 1 saturated heterocycles. The molecule has 35 heavy (non-hydrogen) atoms. The van der Waals surface area contributed by atoms with Crippen molar-refractivity contribution in [1.29, 1.82) is 0 Å². The van der Waals surface area contributed by atoms with Gasteiger partial charge in [0, 0.05) is 48.1 Å². The summed E-state index contributed by atoms with van der Waals surface area (Å²) in [6, 6.07) is 17.7. The normalized spacial score (nSPS) is 15.8. The van der Waals surface area contributed by atoms with E-state index in [1.54, 1.807) is 0 Å². The Bertz CT molecular complexity index is 1190. The maximum Gasteiger partial charge on any atom is 0.112 e. The van der Waals surface area contributed by atoms with Gasteiger partial charge in [-0.25, -0.2) is 4.98 Å². The zero-order valence-electron chi connectivity index (χ0n) is 21.1. The number of aromatic nitrogens is 3. The minimum Gasteiger partial charge on any atom is -0.361 e. The lowest BCUT2D eigenvalue weighted by Gasteiger charge is -2.33. The van der Waals surface area contributed by atoms with Gasteiger partial charge in [-0.15, -0.1) is 12.4 Å². The number of imidazole rings is 1. The average molecular weight is 491 g/mol. The predicted octanol–water partition coefficient (Wildman–Crippen LogP) is 7.18. The van der Waals surface area contributed by atoms with Crippen molar-refractivity contribution >= 4 is 23.3 Å². The molecule has 5 heteroatoms. The molecule has 1 unspecified atom stereocenters. The number of aromatic amines is 1. The molecule has 0 aliphatic carbocycles. The number of likely N-dealkylation sites (tertiary alicyclic amines) is 1. The van der Waals surface area contributed by atoms with E-state index in [-0.39, 0.29) is 12.4 Å². The highest BCUT2D eigenvalue weighted by Gasteiger charge is 2.21. The van der Waals surface area contributed by atoms with E-state index in [0.717, 1.165) is 24.6 Å². The lowest BCUT2D eigenvalue weighted by molar-refractivity contribution is 0.171. The molecule has 2 aromatic heterocycles. The van der Waals surface area contributed by atoms with Crippen LogP contribution in [0.15, 0.2) is 67.1 Å². The van der Waals surface area contributed by atoms with Gasteiger partial charge in [0.1, 0.15) is 5.82 Å². The van der Waals surface area contributed by atoms with Gasteiger partial charge < -0.3 is 14.5 Å². The van der Waals surface area contributed by atoms with Gasteiger partial charge in [-0.3, -0.25) is 0 Å². The summed E-state index contributed by atoms with van der Waals surface area (Å²) in [6.07, 6.45) is 13.6. The van der Waals surface area contributed by atoms with Crippen LogP contribution in [0.25, 0.3) is 16.6 Å². The first-order valence-corrected chi connectivity index (χ1v) is 13.1. The highest BCUT2D eigenvalue weighted by molar-refractivity contribution is 5.85. The fourth-order valence-electron chi connectivity index (χ4n) is 5.67. The minimum atomic E-state index is 0. The van der Waals surface area contributed by atoms with Crippen LogP contribution in [0.2, 0.25) is 0 Å². The number of benzene rings is 2. The van der Waals surface area contributed by atoms with Crippen molar-refractivity contribution in [2.75, 3.05) is 19.6 Å². The van der Waals surface area contributed by atoms with Crippen LogP contribution in [-0.2, 0) is 12.8 Å². The van der Waals surface area contributed by atoms with Crippen molar-refractivity contribution in [3.8, 4) is 5.69 Å². The Balaban J connectivity index is 0.00000289. The molecular formula is C30H39ClN4. The lowest BCUT2D eigenvalue weighted by Crippen LogP contribution is -2.36. The Morgan fingerprint density at radius 2 is 1.89 bits per heavy atom. The van der Waals surface area contributed by atoms with E-state index in [2.05, 4.69) is 94.2 Å². The molecule has 5 rings (SSSR count). The Morgan fingerprint density at radius 3 is 2.66 bits per heavy atom. The van der Waals surface area contributed by atoms with Gasteiger partial charge in [0.15, 0.2) is 0 Å². The zero-order valence-corrected chi connectivity index (χ0v) is 21.9. The molecule has 0 spiro atoms. The van der Waals surface area contributed by atoms with Crippen LogP contribution >= 0.6 is 12.4 Å². The Labute approximate surface area is 216 Å². The fourth-order valence-corrected chi connectivity index (χ4v) is 5.67. The number of hydrogen-bond donors (Lipinski definition) is 1. The first-order chi connectivity index (χ1) is 16.7. The number of halogens is 1. The van der Waals surface area contributed by atoms with Crippen molar-refractivity contribution in [1.82, 2.24) is 19.4 Å². The van der Waals surface area contributed by atoms with Crippen LogP contribution in [-0.4, -0.2) is 39.1 Å². The monoisotopic (exact) mass is 490 g/mol. The lowest BCUT2D eigenvalue weighted by atomic mass is 9.90. The Morgan fingerprint density at radius 1 is 1.09 bits per heavy atom. The molecule has 1 aliphatic heterocycles. The second-order valence-electron chi connectivity index (χ2n) is 10.1. The largest absolute Gasteiger partial charge is 0.361 e. The van der Waals surface area contributed by atoms with E-state index in [0.29, 0.717) is 5.92 Å². The van der Waals surface area contributed by atoms with Gasteiger partial charge in [-0.2, -0.15) is 0 Å². The molecule has 4 aromatic rings. The van der Waals surface area contributed by atoms with E-state index in [9.17, 15) is 0 Å². The van der Waals surface area contributed by atoms with Crippen LogP contribution in [0.5, 0.6) is 0 Å². The third-order valence-corrected chi connectivity index (χ3v) is 7.73. The summed E-state index contributed by atoms with van der Waals surface area (Å²) in [5, 5.41) is 1.36. The third kappa shape index (κ3) is 5.99. The number of H-pyrrole nitrogens is 1. The number of aryl methyl sites for hydroxylation is 2. The van der Waals surface area contributed by atoms with Gasteiger partial charge in [-0.1, -0.05) is 50.6 Å². The molecule has 0 saturated carbocycles. The van der Waals surface area contributed by atoms with E-state index >= 15 is 0 Å². The summed E-state index contributed by atoms with van der Waals surface area (Å²) in [7, 11) is 0. The van der Waals surface area contributed by atoms with Crippen molar-refractivity contribution in [3.63, 3.8) is 0 Å². The molecule has 1 N–H and O–H groups in total. The predicted molar refractivity (Wildman–Crippen MR) is 149 cm³/mol. The molecule has 0 bridgehead atoms. The van der Waals surface area contributed by atoms with E-state index in [1.165, 1.54) is 73.0 Å². The summed E-state index contributed by atoms with van der Waals surface area (Å²) in [5.74, 6) is 2.60. The summed E-state index contributed by atoms with van der Waals surface area (Å²) in [5.41, 5.74) is 5.35. The molecule has 0 radical (unpaired) electrons. The first-order valence-electron chi connectivity index (χ1n) is 13.1. The SMILES string of the molecule is CCc1nccn1-c1ccc2[nH]cc(CCCC3CCN(CC(C)c4ccccc4)CC3)c2c1.Cl. The van der Waals surface area contributed by atoms with Crippen LogP contribution in [0.3, 0.4) is 0 Å². The smallest absolute Gasteiger partial charge is 0.112 e. The number of hydrogen-bond acceptors (Lipinski definition) is 2. The van der Waals surface area contributed by atoms with E-state index in [4.69, 9.17) is 0 Å². The van der Waals surface area contributed by atoms with Crippen LogP contribution in [0.1, 0.15) is 62.4 Å².